The van der Waals surface area contributed by atoms with Crippen molar-refractivity contribution in [2.75, 3.05) is 13.1 Å². The van der Waals surface area contributed by atoms with Crippen LogP contribution in [-0.2, 0) is 16.0 Å². The number of benzene rings is 1. The lowest BCUT2D eigenvalue weighted by molar-refractivity contribution is -0.133. The second-order valence-electron chi connectivity index (χ2n) is 6.13. The average molecular weight is 407 g/mol. The molecule has 0 spiro atoms. The molecule has 1 saturated heterocycles. The molecule has 0 bridgehead atoms. The zero-order valence-electron chi connectivity index (χ0n) is 15.2. The molecule has 2 heterocycles. The number of carbonyl (C=O) groups excluding carboxylic acids is 2. The van der Waals surface area contributed by atoms with Crippen LogP contribution < -0.4 is 0 Å². The predicted molar refractivity (Wildman–Crippen MR) is 111 cm³/mol. The van der Waals surface area contributed by atoms with Crippen molar-refractivity contribution in [3.63, 3.8) is 0 Å². The van der Waals surface area contributed by atoms with E-state index in [0.717, 1.165) is 33.3 Å². The molecule has 0 atom stereocenters. The van der Waals surface area contributed by atoms with Crippen LogP contribution in [0.25, 0.3) is 0 Å². The number of thiocarbonyl (C=S) groups is 1. The minimum absolute atomic E-state index is 0.253. The maximum atomic E-state index is 12.9. The van der Waals surface area contributed by atoms with Crippen molar-refractivity contribution >= 4 is 52.7 Å². The molecule has 2 aliphatic heterocycles. The van der Waals surface area contributed by atoms with E-state index in [1.165, 1.54) is 38.9 Å². The maximum absolute atomic E-state index is 12.9. The lowest BCUT2D eigenvalue weighted by Gasteiger charge is -2.35. The quantitative estimate of drug-likeness (QED) is 0.411. The summed E-state index contributed by atoms with van der Waals surface area (Å²) in [7, 11) is 0. The fourth-order valence-corrected chi connectivity index (χ4v) is 6.00. The van der Waals surface area contributed by atoms with Gasteiger partial charge in [0.2, 0.25) is 0 Å². The number of thioether (sulfide) groups is 2. The highest BCUT2D eigenvalue weighted by Gasteiger charge is 2.41. The van der Waals surface area contributed by atoms with E-state index in [9.17, 15) is 9.59 Å². The summed E-state index contributed by atoms with van der Waals surface area (Å²) in [6.45, 7) is 6.85. The Balaban J connectivity index is 1.95. The molecule has 1 aromatic carbocycles. The number of unbranched alkanes of at least 4 members (excludes halogenated alkanes) is 1. The maximum Gasteiger partial charge on any atom is 0.267 e. The summed E-state index contributed by atoms with van der Waals surface area (Å²) in [5.74, 6) is -0.553. The van der Waals surface area contributed by atoms with Crippen molar-refractivity contribution in [3.05, 3.63) is 33.6 Å². The first kappa shape index (κ1) is 19.5. The highest BCUT2D eigenvalue weighted by Crippen LogP contribution is 2.53. The van der Waals surface area contributed by atoms with Gasteiger partial charge in [0.15, 0.2) is 5.11 Å². The molecule has 3 rings (SSSR count). The van der Waals surface area contributed by atoms with E-state index in [0.29, 0.717) is 18.2 Å². The molecular formula is C19H22N2O2S3. The highest BCUT2D eigenvalue weighted by molar-refractivity contribution is 8.24. The number of hydrogen-bond donors (Lipinski definition) is 0. The summed E-state index contributed by atoms with van der Waals surface area (Å²) in [4.78, 5) is 31.0. The Kier molecular flexibility index (Phi) is 6.10. The Morgan fingerprint density at radius 3 is 2.15 bits per heavy atom. The largest absolute Gasteiger partial charge is 0.285 e. The smallest absolute Gasteiger partial charge is 0.267 e. The van der Waals surface area contributed by atoms with Gasteiger partial charge in [0.25, 0.3) is 11.8 Å². The molecule has 138 valence electrons. The molecule has 0 radical (unpaired) electrons. The van der Waals surface area contributed by atoms with Crippen LogP contribution in [0.3, 0.4) is 0 Å². The third kappa shape index (κ3) is 3.44. The van der Waals surface area contributed by atoms with Gasteiger partial charge < -0.3 is 0 Å². The Bertz CT molecular complexity index is 776. The van der Waals surface area contributed by atoms with Crippen LogP contribution in [0.4, 0.5) is 0 Å². The summed E-state index contributed by atoms with van der Waals surface area (Å²) in [6, 6.07) is 6.43. The van der Waals surface area contributed by atoms with Crippen LogP contribution in [0.2, 0.25) is 0 Å². The van der Waals surface area contributed by atoms with Crippen molar-refractivity contribution in [2.45, 2.75) is 49.8 Å². The number of carbonyl (C=O) groups is 2. The standard InChI is InChI=1S/C19H22N2O2S3/c1-4-7-8-12-9-10-13-14(11-12)26-18(25-13)15-16(22)20(5-2)19(24)21(6-3)17(15)23/h9-11H,4-8H2,1-3H3. The van der Waals surface area contributed by atoms with Crippen LogP contribution in [0.15, 0.2) is 37.8 Å². The first-order chi connectivity index (χ1) is 12.5. The first-order valence-corrected chi connectivity index (χ1v) is 11.0. The van der Waals surface area contributed by atoms with Crippen molar-refractivity contribution in [3.8, 4) is 0 Å². The number of hydrogen-bond acceptors (Lipinski definition) is 5. The van der Waals surface area contributed by atoms with Crippen LogP contribution in [0.1, 0.15) is 39.2 Å². The summed E-state index contributed by atoms with van der Waals surface area (Å²) >= 11 is 8.37. The first-order valence-electron chi connectivity index (χ1n) is 8.92. The van der Waals surface area contributed by atoms with E-state index in [2.05, 4.69) is 25.1 Å². The lowest BCUT2D eigenvalue weighted by atomic mass is 10.1. The van der Waals surface area contributed by atoms with Crippen LogP contribution in [0.5, 0.6) is 0 Å². The van der Waals surface area contributed by atoms with Gasteiger partial charge in [0.05, 0.1) is 4.24 Å². The van der Waals surface area contributed by atoms with Crippen molar-refractivity contribution in [1.29, 1.82) is 0 Å². The number of amides is 2. The third-order valence-corrected chi connectivity index (χ3v) is 7.43. The minimum Gasteiger partial charge on any atom is -0.285 e. The fourth-order valence-electron chi connectivity index (χ4n) is 2.99. The van der Waals surface area contributed by atoms with E-state index in [4.69, 9.17) is 12.2 Å². The molecule has 1 aromatic rings. The highest BCUT2D eigenvalue weighted by atomic mass is 32.2. The summed E-state index contributed by atoms with van der Waals surface area (Å²) < 4.78 is 0.766. The van der Waals surface area contributed by atoms with Gasteiger partial charge in [0, 0.05) is 22.9 Å². The number of aryl methyl sites for hydroxylation is 1. The average Bonchev–Trinajstić information content (AvgIpc) is 3.03. The fraction of sp³-hybridized carbons (Fsp3) is 0.421. The number of fused-ring (bicyclic) bond motifs is 1. The molecule has 0 saturated carbocycles. The van der Waals surface area contributed by atoms with Gasteiger partial charge in [-0.05, 0) is 56.6 Å². The van der Waals surface area contributed by atoms with Gasteiger partial charge >= 0.3 is 0 Å². The topological polar surface area (TPSA) is 40.6 Å². The monoisotopic (exact) mass is 406 g/mol. The van der Waals surface area contributed by atoms with Crippen LogP contribution >= 0.6 is 35.7 Å². The predicted octanol–water partition coefficient (Wildman–Crippen LogP) is 4.43. The Hall–Kier alpha value is -1.31. The molecule has 2 amide bonds. The zero-order chi connectivity index (χ0) is 18.8. The van der Waals surface area contributed by atoms with E-state index in [1.54, 1.807) is 0 Å². The number of likely N-dealkylation sites (N-methyl/N-ethyl adjacent to an activating group) is 2. The van der Waals surface area contributed by atoms with Gasteiger partial charge in [-0.3, -0.25) is 19.4 Å². The van der Waals surface area contributed by atoms with Crippen LogP contribution in [0, 0.1) is 0 Å². The second-order valence-corrected chi connectivity index (χ2v) is 8.86. The molecule has 2 aliphatic rings. The van der Waals surface area contributed by atoms with Crippen LogP contribution in [-0.4, -0.2) is 39.8 Å². The second kappa shape index (κ2) is 8.15. The summed E-state index contributed by atoms with van der Waals surface area (Å²) in [6.07, 6.45) is 3.38. The molecule has 7 heteroatoms. The molecule has 0 N–H and O–H groups in total. The van der Waals surface area contributed by atoms with E-state index < -0.39 is 0 Å². The van der Waals surface area contributed by atoms with E-state index in [-0.39, 0.29) is 17.4 Å². The molecule has 26 heavy (non-hydrogen) atoms. The van der Waals surface area contributed by atoms with Gasteiger partial charge in [-0.25, -0.2) is 0 Å². The van der Waals surface area contributed by atoms with E-state index in [1.807, 2.05) is 13.8 Å². The van der Waals surface area contributed by atoms with Crippen molar-refractivity contribution in [2.24, 2.45) is 0 Å². The van der Waals surface area contributed by atoms with Crippen molar-refractivity contribution < 1.29 is 9.59 Å². The number of nitrogens with zero attached hydrogens (tertiary/aromatic N) is 2. The third-order valence-electron chi connectivity index (χ3n) is 4.45. The molecule has 4 nitrogen and oxygen atoms in total. The SMILES string of the molecule is CCCCc1ccc2c(c1)SC(=C1C(=O)N(CC)C(=S)N(CC)C1=O)S2. The molecular weight excluding hydrogens is 384 g/mol. The molecule has 0 aromatic heterocycles. The number of rotatable bonds is 5. The Morgan fingerprint density at radius 2 is 1.58 bits per heavy atom. The lowest BCUT2D eigenvalue weighted by Crippen LogP contribution is -2.56. The van der Waals surface area contributed by atoms with Gasteiger partial charge in [-0.1, -0.05) is 42.9 Å². The molecule has 0 unspecified atom stereocenters. The zero-order valence-corrected chi connectivity index (χ0v) is 17.7. The summed E-state index contributed by atoms with van der Waals surface area (Å²) in [5, 5.41) is 0.307. The molecule has 1 fully saturated rings. The van der Waals surface area contributed by atoms with E-state index >= 15 is 0 Å². The molecule has 0 aliphatic carbocycles. The minimum atomic E-state index is -0.277. The Morgan fingerprint density at radius 1 is 0.962 bits per heavy atom. The summed E-state index contributed by atoms with van der Waals surface area (Å²) in [5.41, 5.74) is 1.56. The Labute approximate surface area is 168 Å². The van der Waals surface area contributed by atoms with Gasteiger partial charge in [0.1, 0.15) is 5.57 Å². The van der Waals surface area contributed by atoms with Gasteiger partial charge in [-0.15, -0.1) is 0 Å². The normalized spacial score (nSPS) is 17.4. The van der Waals surface area contributed by atoms with Gasteiger partial charge in [-0.2, -0.15) is 0 Å². The van der Waals surface area contributed by atoms with Crippen molar-refractivity contribution in [1.82, 2.24) is 9.80 Å².